The lowest BCUT2D eigenvalue weighted by molar-refractivity contribution is -0.122. The van der Waals surface area contributed by atoms with Crippen LogP contribution in [0.5, 0.6) is 0 Å². The maximum absolute atomic E-state index is 12.7. The van der Waals surface area contributed by atoms with Crippen molar-refractivity contribution in [2.45, 2.75) is 12.6 Å². The summed E-state index contributed by atoms with van der Waals surface area (Å²) in [6.07, 6.45) is -1.80. The second-order valence-corrected chi connectivity index (χ2v) is 2.70. The number of halogens is 2. The Kier molecular flexibility index (Phi) is 2.95. The second kappa shape index (κ2) is 3.98. The van der Waals surface area contributed by atoms with Gasteiger partial charge in [0.1, 0.15) is 5.82 Å². The zero-order chi connectivity index (χ0) is 9.84. The van der Waals surface area contributed by atoms with E-state index in [2.05, 4.69) is 0 Å². The molecule has 0 saturated heterocycles. The van der Waals surface area contributed by atoms with E-state index in [-0.39, 0.29) is 6.42 Å². The van der Waals surface area contributed by atoms with Crippen LogP contribution >= 0.6 is 0 Å². The number of carbonyl (C=O) groups is 1. The molecule has 4 heteroatoms. The molecule has 1 rings (SSSR count). The van der Waals surface area contributed by atoms with Gasteiger partial charge in [0.15, 0.2) is 6.17 Å². The van der Waals surface area contributed by atoms with Crippen molar-refractivity contribution >= 4 is 5.91 Å². The monoisotopic (exact) mass is 185 g/mol. The summed E-state index contributed by atoms with van der Waals surface area (Å²) in [5, 5.41) is 0. The first kappa shape index (κ1) is 9.64. The minimum absolute atomic E-state index is 0.102. The summed E-state index contributed by atoms with van der Waals surface area (Å²) in [5.74, 6) is -1.39. The Balaban J connectivity index is 2.64. The Bertz CT molecular complexity index is 297. The van der Waals surface area contributed by atoms with E-state index in [0.717, 1.165) is 0 Å². The SMILES string of the molecule is NC(=O)C(F)Cc1ccc(F)cc1. The van der Waals surface area contributed by atoms with Crippen LogP contribution in [0.1, 0.15) is 5.56 Å². The van der Waals surface area contributed by atoms with Gasteiger partial charge < -0.3 is 5.73 Å². The van der Waals surface area contributed by atoms with Gasteiger partial charge in [-0.2, -0.15) is 0 Å². The normalized spacial score (nSPS) is 12.5. The smallest absolute Gasteiger partial charge is 0.252 e. The van der Waals surface area contributed by atoms with E-state index in [1.54, 1.807) is 0 Å². The molecule has 2 nitrogen and oxygen atoms in total. The molecule has 0 aliphatic rings. The van der Waals surface area contributed by atoms with Gasteiger partial charge in [-0.25, -0.2) is 8.78 Å². The highest BCUT2D eigenvalue weighted by Crippen LogP contribution is 2.07. The van der Waals surface area contributed by atoms with E-state index in [1.807, 2.05) is 0 Å². The average molecular weight is 185 g/mol. The van der Waals surface area contributed by atoms with E-state index >= 15 is 0 Å². The molecular weight excluding hydrogens is 176 g/mol. The number of carbonyl (C=O) groups excluding carboxylic acids is 1. The number of amides is 1. The molecule has 13 heavy (non-hydrogen) atoms. The molecule has 0 fully saturated rings. The van der Waals surface area contributed by atoms with Crippen LogP contribution in [0.3, 0.4) is 0 Å². The van der Waals surface area contributed by atoms with Crippen molar-refractivity contribution in [3.05, 3.63) is 35.6 Å². The summed E-state index contributed by atoms with van der Waals surface area (Å²) in [6.45, 7) is 0. The predicted molar refractivity (Wildman–Crippen MR) is 44.2 cm³/mol. The third-order valence-electron chi connectivity index (χ3n) is 1.64. The first-order chi connectivity index (χ1) is 6.09. The third kappa shape index (κ3) is 2.82. The van der Waals surface area contributed by atoms with Crippen LogP contribution in [0.15, 0.2) is 24.3 Å². The molecular formula is C9H9F2NO. The minimum atomic E-state index is -1.70. The van der Waals surface area contributed by atoms with E-state index < -0.39 is 17.9 Å². The molecule has 0 aliphatic carbocycles. The largest absolute Gasteiger partial charge is 0.367 e. The Morgan fingerprint density at radius 1 is 1.38 bits per heavy atom. The fourth-order valence-electron chi connectivity index (χ4n) is 0.928. The number of alkyl halides is 1. The molecule has 1 unspecified atom stereocenters. The van der Waals surface area contributed by atoms with Crippen LogP contribution in [0.4, 0.5) is 8.78 Å². The van der Waals surface area contributed by atoms with Gasteiger partial charge in [0.2, 0.25) is 0 Å². The maximum Gasteiger partial charge on any atom is 0.252 e. The van der Waals surface area contributed by atoms with Crippen LogP contribution in [-0.2, 0) is 11.2 Å². The number of hydrogen-bond acceptors (Lipinski definition) is 1. The zero-order valence-electron chi connectivity index (χ0n) is 6.84. The summed E-state index contributed by atoms with van der Waals surface area (Å²) < 4.78 is 25.1. The van der Waals surface area contributed by atoms with Gasteiger partial charge in [0, 0.05) is 6.42 Å². The molecule has 1 atom stereocenters. The van der Waals surface area contributed by atoms with Gasteiger partial charge in [-0.3, -0.25) is 4.79 Å². The number of hydrogen-bond donors (Lipinski definition) is 1. The van der Waals surface area contributed by atoms with Crippen molar-refractivity contribution in [2.24, 2.45) is 5.73 Å². The van der Waals surface area contributed by atoms with Gasteiger partial charge in [0.25, 0.3) is 5.91 Å². The van der Waals surface area contributed by atoms with Crippen molar-refractivity contribution in [1.29, 1.82) is 0 Å². The molecule has 1 aromatic carbocycles. The molecule has 0 spiro atoms. The summed E-state index contributed by atoms with van der Waals surface area (Å²) in [7, 11) is 0. The second-order valence-electron chi connectivity index (χ2n) is 2.70. The van der Waals surface area contributed by atoms with Crippen LogP contribution in [0.2, 0.25) is 0 Å². The fraction of sp³-hybridized carbons (Fsp3) is 0.222. The zero-order valence-corrected chi connectivity index (χ0v) is 6.84. The van der Waals surface area contributed by atoms with E-state index in [1.165, 1.54) is 24.3 Å². The van der Waals surface area contributed by atoms with Gasteiger partial charge >= 0.3 is 0 Å². The molecule has 2 N–H and O–H groups in total. The lowest BCUT2D eigenvalue weighted by Crippen LogP contribution is -2.26. The van der Waals surface area contributed by atoms with Crippen molar-refractivity contribution in [1.82, 2.24) is 0 Å². The topological polar surface area (TPSA) is 43.1 Å². The summed E-state index contributed by atoms with van der Waals surface area (Å²) >= 11 is 0. The molecule has 70 valence electrons. The highest BCUT2D eigenvalue weighted by molar-refractivity contribution is 5.78. The molecule has 0 aliphatic heterocycles. The molecule has 0 heterocycles. The molecule has 0 radical (unpaired) electrons. The van der Waals surface area contributed by atoms with Crippen molar-refractivity contribution in [3.63, 3.8) is 0 Å². The number of primary amides is 1. The quantitative estimate of drug-likeness (QED) is 0.755. The van der Waals surface area contributed by atoms with E-state index in [9.17, 15) is 13.6 Å². The number of benzene rings is 1. The third-order valence-corrected chi connectivity index (χ3v) is 1.64. The maximum atomic E-state index is 12.7. The summed E-state index contributed by atoms with van der Waals surface area (Å²) in [6, 6.07) is 5.27. The fourth-order valence-corrected chi connectivity index (χ4v) is 0.928. The lowest BCUT2D eigenvalue weighted by Gasteiger charge is -2.03. The Morgan fingerprint density at radius 2 is 1.92 bits per heavy atom. The average Bonchev–Trinajstić information content (AvgIpc) is 2.08. The van der Waals surface area contributed by atoms with Gasteiger partial charge in [-0.15, -0.1) is 0 Å². The molecule has 0 saturated carbocycles. The van der Waals surface area contributed by atoms with Crippen molar-refractivity contribution in [3.8, 4) is 0 Å². The highest BCUT2D eigenvalue weighted by Gasteiger charge is 2.13. The van der Waals surface area contributed by atoms with Crippen LogP contribution in [-0.4, -0.2) is 12.1 Å². The van der Waals surface area contributed by atoms with Gasteiger partial charge in [0.05, 0.1) is 0 Å². The van der Waals surface area contributed by atoms with Crippen LogP contribution in [0.25, 0.3) is 0 Å². The molecule has 0 bridgehead atoms. The van der Waals surface area contributed by atoms with Crippen molar-refractivity contribution in [2.75, 3.05) is 0 Å². The first-order valence-corrected chi connectivity index (χ1v) is 3.77. The Hall–Kier alpha value is -1.45. The Morgan fingerprint density at radius 3 is 2.38 bits per heavy atom. The number of rotatable bonds is 3. The van der Waals surface area contributed by atoms with Crippen LogP contribution < -0.4 is 5.73 Å². The van der Waals surface area contributed by atoms with Crippen LogP contribution in [0, 0.1) is 5.82 Å². The summed E-state index contributed by atoms with van der Waals surface area (Å²) in [5.41, 5.74) is 5.27. The Labute approximate surface area is 74.4 Å². The molecule has 1 amide bonds. The highest BCUT2D eigenvalue weighted by atomic mass is 19.1. The molecule has 0 aromatic heterocycles. The standard InChI is InChI=1S/C9H9F2NO/c10-7-3-1-6(2-4-7)5-8(11)9(12)13/h1-4,8H,5H2,(H2,12,13). The van der Waals surface area contributed by atoms with E-state index in [0.29, 0.717) is 5.56 Å². The predicted octanol–water partition coefficient (Wildman–Crippen LogP) is 1.19. The number of nitrogens with two attached hydrogens (primary N) is 1. The minimum Gasteiger partial charge on any atom is -0.367 e. The van der Waals surface area contributed by atoms with E-state index in [4.69, 9.17) is 5.73 Å². The van der Waals surface area contributed by atoms with Crippen molar-refractivity contribution < 1.29 is 13.6 Å². The lowest BCUT2D eigenvalue weighted by atomic mass is 10.1. The van der Waals surface area contributed by atoms with Gasteiger partial charge in [-0.1, -0.05) is 12.1 Å². The van der Waals surface area contributed by atoms with Gasteiger partial charge in [-0.05, 0) is 17.7 Å². The first-order valence-electron chi connectivity index (χ1n) is 3.77. The summed E-state index contributed by atoms with van der Waals surface area (Å²) in [4.78, 5) is 10.3. The molecule has 1 aromatic rings.